The molecule has 1 aromatic heterocycles. The molecular formula is C19H31N3O2S. The van der Waals surface area contributed by atoms with Gasteiger partial charge in [-0.25, -0.2) is 0 Å². The maximum Gasteiger partial charge on any atom is 0.223 e. The summed E-state index contributed by atoms with van der Waals surface area (Å²) in [6, 6.07) is 2.41. The summed E-state index contributed by atoms with van der Waals surface area (Å²) in [5.41, 5.74) is 1.23. The Bertz CT molecular complexity index is 565. The first-order chi connectivity index (χ1) is 12.0. The van der Waals surface area contributed by atoms with E-state index in [0.717, 1.165) is 19.4 Å². The lowest BCUT2D eigenvalue weighted by Gasteiger charge is -2.24. The molecule has 2 rings (SSSR count). The van der Waals surface area contributed by atoms with Gasteiger partial charge in [-0.1, -0.05) is 12.8 Å². The van der Waals surface area contributed by atoms with Gasteiger partial charge in [0.2, 0.25) is 11.8 Å². The van der Waals surface area contributed by atoms with Crippen molar-refractivity contribution in [3.8, 4) is 0 Å². The summed E-state index contributed by atoms with van der Waals surface area (Å²) in [6.45, 7) is 4.23. The van der Waals surface area contributed by atoms with Gasteiger partial charge < -0.3 is 15.1 Å². The third kappa shape index (κ3) is 6.78. The topological polar surface area (TPSA) is 52.7 Å². The predicted octanol–water partition coefficient (Wildman–Crippen LogP) is 2.79. The summed E-state index contributed by atoms with van der Waals surface area (Å²) in [7, 11) is 4.02. The average Bonchev–Trinajstić information content (AvgIpc) is 3.21. The van der Waals surface area contributed by atoms with E-state index < -0.39 is 0 Å². The second-order valence-electron chi connectivity index (χ2n) is 7.19. The zero-order valence-electron chi connectivity index (χ0n) is 15.7. The van der Waals surface area contributed by atoms with Gasteiger partial charge in [-0.2, -0.15) is 0 Å². The van der Waals surface area contributed by atoms with Crippen molar-refractivity contribution in [2.75, 3.05) is 27.2 Å². The van der Waals surface area contributed by atoms with Crippen molar-refractivity contribution in [3.05, 3.63) is 21.9 Å². The molecule has 25 heavy (non-hydrogen) atoms. The quantitative estimate of drug-likeness (QED) is 0.732. The normalized spacial score (nSPS) is 14.9. The lowest BCUT2D eigenvalue weighted by Crippen LogP contribution is -2.37. The van der Waals surface area contributed by atoms with E-state index in [1.165, 1.54) is 23.3 Å². The van der Waals surface area contributed by atoms with Crippen LogP contribution >= 0.6 is 11.3 Å². The van der Waals surface area contributed by atoms with E-state index in [2.05, 4.69) is 28.6 Å². The van der Waals surface area contributed by atoms with Gasteiger partial charge >= 0.3 is 0 Å². The molecule has 1 saturated carbocycles. The van der Waals surface area contributed by atoms with Crippen LogP contribution in [0.2, 0.25) is 0 Å². The van der Waals surface area contributed by atoms with E-state index in [-0.39, 0.29) is 24.7 Å². The molecule has 140 valence electrons. The van der Waals surface area contributed by atoms with Crippen molar-refractivity contribution in [2.24, 2.45) is 0 Å². The molecule has 1 fully saturated rings. The van der Waals surface area contributed by atoms with E-state index in [9.17, 15) is 9.59 Å². The minimum absolute atomic E-state index is 0.0140. The van der Waals surface area contributed by atoms with Gasteiger partial charge in [-0.3, -0.25) is 9.59 Å². The first-order valence-electron chi connectivity index (χ1n) is 9.20. The molecular weight excluding hydrogens is 334 g/mol. The molecule has 0 spiro atoms. The largest absolute Gasteiger partial charge is 0.353 e. The molecule has 0 unspecified atom stereocenters. The van der Waals surface area contributed by atoms with Crippen molar-refractivity contribution in [3.63, 3.8) is 0 Å². The first kappa shape index (κ1) is 19.9. The Morgan fingerprint density at radius 3 is 2.52 bits per heavy atom. The van der Waals surface area contributed by atoms with Crippen LogP contribution in [0, 0.1) is 6.92 Å². The molecule has 0 bridgehead atoms. The Morgan fingerprint density at radius 1 is 1.20 bits per heavy atom. The lowest BCUT2D eigenvalue weighted by molar-refractivity contribution is -0.134. The summed E-state index contributed by atoms with van der Waals surface area (Å²) in [5, 5.41) is 5.13. The van der Waals surface area contributed by atoms with E-state index >= 15 is 0 Å². The van der Waals surface area contributed by atoms with Crippen LogP contribution in [0.5, 0.6) is 0 Å². The number of carbonyl (C=O) groups is 2. The first-order valence-corrected chi connectivity index (χ1v) is 10.1. The molecule has 1 heterocycles. The molecule has 6 heteroatoms. The van der Waals surface area contributed by atoms with Crippen LogP contribution in [0.4, 0.5) is 0 Å². The van der Waals surface area contributed by atoms with Gasteiger partial charge in [0.05, 0.1) is 6.54 Å². The number of rotatable bonds is 9. The number of nitrogens with zero attached hydrogens (tertiary/aromatic N) is 2. The second-order valence-corrected chi connectivity index (χ2v) is 8.19. The van der Waals surface area contributed by atoms with Crippen LogP contribution < -0.4 is 5.32 Å². The fourth-order valence-electron chi connectivity index (χ4n) is 3.10. The number of aryl methyl sites for hydroxylation is 1. The van der Waals surface area contributed by atoms with Crippen LogP contribution in [0.15, 0.2) is 11.4 Å². The van der Waals surface area contributed by atoms with Gasteiger partial charge in [0.15, 0.2) is 0 Å². The Kier molecular flexibility index (Phi) is 7.90. The molecule has 0 atom stereocenters. The van der Waals surface area contributed by atoms with E-state index in [4.69, 9.17) is 0 Å². The van der Waals surface area contributed by atoms with Crippen molar-refractivity contribution in [1.29, 1.82) is 0 Å². The third-order valence-corrected chi connectivity index (χ3v) is 5.77. The Labute approximate surface area is 155 Å². The summed E-state index contributed by atoms with van der Waals surface area (Å²) < 4.78 is 0. The number of amides is 2. The number of nitrogens with one attached hydrogen (secondary N) is 1. The molecule has 1 N–H and O–H groups in total. The molecule has 1 aromatic rings. The van der Waals surface area contributed by atoms with E-state index in [1.54, 1.807) is 11.3 Å². The second kappa shape index (κ2) is 9.92. The zero-order chi connectivity index (χ0) is 18.2. The van der Waals surface area contributed by atoms with Gasteiger partial charge in [0.1, 0.15) is 0 Å². The van der Waals surface area contributed by atoms with Crippen molar-refractivity contribution in [2.45, 2.75) is 58.0 Å². The highest BCUT2D eigenvalue weighted by atomic mass is 32.1. The molecule has 0 saturated heterocycles. The minimum atomic E-state index is 0.0140. The number of carbonyl (C=O) groups excluding carboxylic acids is 2. The standard InChI is InChI=1S/C19H31N3O2S/c1-15-10-13-25-17(15)14-22(12-11-21(2)3)19(24)9-8-18(23)20-16-6-4-5-7-16/h10,13,16H,4-9,11-12,14H2,1-3H3,(H,20,23). The highest BCUT2D eigenvalue weighted by Gasteiger charge is 2.20. The molecule has 1 aliphatic carbocycles. The predicted molar refractivity (Wildman–Crippen MR) is 103 cm³/mol. The van der Waals surface area contributed by atoms with Crippen molar-refractivity contribution >= 4 is 23.2 Å². The van der Waals surface area contributed by atoms with Gasteiger partial charge in [0.25, 0.3) is 0 Å². The molecule has 1 aliphatic rings. The Morgan fingerprint density at radius 2 is 1.92 bits per heavy atom. The maximum atomic E-state index is 12.7. The maximum absolute atomic E-state index is 12.7. The fraction of sp³-hybridized carbons (Fsp3) is 0.684. The molecule has 0 radical (unpaired) electrons. The van der Waals surface area contributed by atoms with Crippen LogP contribution in [-0.2, 0) is 16.1 Å². The van der Waals surface area contributed by atoms with Crippen molar-refractivity contribution in [1.82, 2.24) is 15.1 Å². The highest BCUT2D eigenvalue weighted by Crippen LogP contribution is 2.19. The summed E-state index contributed by atoms with van der Waals surface area (Å²) >= 11 is 1.69. The zero-order valence-corrected chi connectivity index (χ0v) is 16.5. The number of likely N-dealkylation sites (N-methyl/N-ethyl adjacent to an activating group) is 1. The smallest absolute Gasteiger partial charge is 0.223 e. The fourth-order valence-corrected chi connectivity index (χ4v) is 4.02. The molecule has 0 aliphatic heterocycles. The van der Waals surface area contributed by atoms with Crippen LogP contribution in [0.3, 0.4) is 0 Å². The van der Waals surface area contributed by atoms with Gasteiger partial charge in [-0.05, 0) is 50.9 Å². The summed E-state index contributed by atoms with van der Waals surface area (Å²) in [4.78, 5) is 29.9. The van der Waals surface area contributed by atoms with Crippen LogP contribution in [-0.4, -0.2) is 54.8 Å². The monoisotopic (exact) mass is 365 g/mol. The molecule has 2 amide bonds. The highest BCUT2D eigenvalue weighted by molar-refractivity contribution is 7.10. The molecule has 0 aromatic carbocycles. The van der Waals surface area contributed by atoms with Gasteiger partial charge in [-0.15, -0.1) is 11.3 Å². The van der Waals surface area contributed by atoms with E-state index in [0.29, 0.717) is 19.1 Å². The summed E-state index contributed by atoms with van der Waals surface area (Å²) in [5.74, 6) is 0.0799. The Hall–Kier alpha value is -1.40. The average molecular weight is 366 g/mol. The van der Waals surface area contributed by atoms with Crippen LogP contribution in [0.25, 0.3) is 0 Å². The Balaban J connectivity index is 1.85. The third-order valence-electron chi connectivity index (χ3n) is 4.76. The number of thiophene rings is 1. The minimum Gasteiger partial charge on any atom is -0.353 e. The summed E-state index contributed by atoms with van der Waals surface area (Å²) in [6.07, 6.45) is 5.12. The number of hydrogen-bond donors (Lipinski definition) is 1. The molecule has 5 nitrogen and oxygen atoms in total. The number of hydrogen-bond acceptors (Lipinski definition) is 4. The van der Waals surface area contributed by atoms with Crippen molar-refractivity contribution < 1.29 is 9.59 Å². The SMILES string of the molecule is Cc1ccsc1CN(CCN(C)C)C(=O)CCC(=O)NC1CCCC1. The lowest BCUT2D eigenvalue weighted by atomic mass is 10.2. The van der Waals surface area contributed by atoms with Gasteiger partial charge in [0, 0.05) is 36.9 Å². The van der Waals surface area contributed by atoms with Crippen LogP contribution in [0.1, 0.15) is 49.0 Å². The van der Waals surface area contributed by atoms with E-state index in [1.807, 2.05) is 19.0 Å².